The third-order valence-electron chi connectivity index (χ3n) is 5.59. The highest BCUT2D eigenvalue weighted by Crippen LogP contribution is 2.38. The van der Waals surface area contributed by atoms with Gasteiger partial charge >= 0.3 is 0 Å². The van der Waals surface area contributed by atoms with Gasteiger partial charge in [-0.15, -0.1) is 0 Å². The summed E-state index contributed by atoms with van der Waals surface area (Å²) in [6.45, 7) is 3.91. The highest BCUT2D eigenvalue weighted by molar-refractivity contribution is 7.80. The third-order valence-corrected chi connectivity index (χ3v) is 5.94. The minimum atomic E-state index is 0.0405. The molecule has 3 heterocycles. The molecule has 150 valence electrons. The Hall–Kier alpha value is -2.86. The van der Waals surface area contributed by atoms with Crippen LogP contribution in [0.1, 0.15) is 35.6 Å². The lowest BCUT2D eigenvalue weighted by Crippen LogP contribution is -2.32. The fraction of sp³-hybridized carbons (Fsp3) is 0.304. The van der Waals surface area contributed by atoms with Crippen molar-refractivity contribution in [2.45, 2.75) is 25.4 Å². The van der Waals surface area contributed by atoms with Gasteiger partial charge in [-0.2, -0.15) is 0 Å². The fourth-order valence-corrected chi connectivity index (χ4v) is 4.27. The quantitative estimate of drug-likeness (QED) is 0.456. The lowest BCUT2D eigenvalue weighted by atomic mass is 10.0. The van der Waals surface area contributed by atoms with Crippen molar-refractivity contribution in [2.24, 2.45) is 7.05 Å². The molecule has 0 saturated carbocycles. The van der Waals surface area contributed by atoms with E-state index in [4.69, 9.17) is 12.2 Å². The molecule has 1 aliphatic heterocycles. The van der Waals surface area contributed by atoms with E-state index in [1.807, 2.05) is 36.5 Å². The molecule has 1 aromatic carbocycles. The van der Waals surface area contributed by atoms with Gasteiger partial charge in [-0.3, -0.25) is 4.98 Å². The first-order valence-electron chi connectivity index (χ1n) is 10.0. The maximum Gasteiger partial charge on any atom is 0.170 e. The van der Waals surface area contributed by atoms with E-state index in [9.17, 15) is 0 Å². The molecular formula is C23H27N5S. The zero-order valence-corrected chi connectivity index (χ0v) is 17.7. The summed E-state index contributed by atoms with van der Waals surface area (Å²) in [5.41, 5.74) is 4.66. The molecule has 1 aliphatic rings. The van der Waals surface area contributed by atoms with Crippen molar-refractivity contribution in [3.8, 4) is 0 Å². The normalized spacial score (nSPS) is 18.7. The van der Waals surface area contributed by atoms with E-state index < -0.39 is 0 Å². The van der Waals surface area contributed by atoms with Crippen molar-refractivity contribution in [2.75, 3.05) is 18.4 Å². The Bertz CT molecular complexity index is 954. The average Bonchev–Trinajstić information content (AvgIpc) is 3.25. The summed E-state index contributed by atoms with van der Waals surface area (Å²) in [5.74, 6) is 0. The van der Waals surface area contributed by atoms with E-state index in [1.165, 1.54) is 11.4 Å². The monoisotopic (exact) mass is 405 g/mol. The number of aromatic nitrogens is 2. The van der Waals surface area contributed by atoms with Crippen LogP contribution in [0, 0.1) is 6.92 Å². The molecular weight excluding hydrogens is 378 g/mol. The highest BCUT2D eigenvalue weighted by Gasteiger charge is 2.40. The van der Waals surface area contributed by atoms with Crippen LogP contribution < -0.4 is 10.6 Å². The van der Waals surface area contributed by atoms with Gasteiger partial charge in [-0.25, -0.2) is 0 Å². The maximum absolute atomic E-state index is 5.75. The summed E-state index contributed by atoms with van der Waals surface area (Å²) in [7, 11) is 2.12. The predicted octanol–water partition coefficient (Wildman–Crippen LogP) is 4.20. The van der Waals surface area contributed by atoms with Crippen molar-refractivity contribution in [3.05, 3.63) is 83.9 Å². The zero-order chi connectivity index (χ0) is 20.2. The third kappa shape index (κ3) is 4.12. The predicted molar refractivity (Wildman–Crippen MR) is 122 cm³/mol. The Balaban J connectivity index is 1.52. The molecule has 4 rings (SSSR count). The van der Waals surface area contributed by atoms with Crippen LogP contribution in [0.3, 0.4) is 0 Å². The standard InChI is InChI=1S/C23H27N5S/c1-17-12-13-20(27(17)2)22-21(19-11-6-7-14-25-19)26-23(29)28(22)16-8-15-24-18-9-4-3-5-10-18/h3-7,9-14,21-22,24H,8,15-16H2,1-2H3,(H,26,29)/t21-,22+/m1/s1. The van der Waals surface area contributed by atoms with Crippen molar-refractivity contribution in [3.63, 3.8) is 0 Å². The Morgan fingerprint density at radius 2 is 1.86 bits per heavy atom. The summed E-state index contributed by atoms with van der Waals surface area (Å²) in [6, 6.07) is 20.9. The van der Waals surface area contributed by atoms with Gasteiger partial charge in [0, 0.05) is 43.4 Å². The van der Waals surface area contributed by atoms with E-state index in [1.54, 1.807) is 0 Å². The number of hydrogen-bond donors (Lipinski definition) is 2. The van der Waals surface area contributed by atoms with Gasteiger partial charge in [0.15, 0.2) is 5.11 Å². The molecule has 2 atom stereocenters. The maximum atomic E-state index is 5.75. The molecule has 0 spiro atoms. The molecule has 0 radical (unpaired) electrons. The number of para-hydroxylation sites is 1. The first-order valence-corrected chi connectivity index (χ1v) is 10.4. The molecule has 2 N–H and O–H groups in total. The number of nitrogens with one attached hydrogen (secondary N) is 2. The fourth-order valence-electron chi connectivity index (χ4n) is 3.94. The highest BCUT2D eigenvalue weighted by atomic mass is 32.1. The van der Waals surface area contributed by atoms with Crippen molar-refractivity contribution in [1.29, 1.82) is 0 Å². The summed E-state index contributed by atoms with van der Waals surface area (Å²) in [4.78, 5) is 6.92. The minimum Gasteiger partial charge on any atom is -0.385 e. The topological polar surface area (TPSA) is 45.1 Å². The average molecular weight is 406 g/mol. The van der Waals surface area contributed by atoms with Crippen LogP contribution in [-0.4, -0.2) is 32.7 Å². The molecule has 3 aromatic rings. The Labute approximate surface area is 177 Å². The number of aryl methyl sites for hydroxylation is 1. The van der Waals surface area contributed by atoms with Gasteiger partial charge in [0.1, 0.15) is 0 Å². The number of anilines is 1. The summed E-state index contributed by atoms with van der Waals surface area (Å²) < 4.78 is 2.26. The second kappa shape index (κ2) is 8.66. The summed E-state index contributed by atoms with van der Waals surface area (Å²) in [5, 5.41) is 7.81. The second-order valence-corrected chi connectivity index (χ2v) is 7.81. The van der Waals surface area contributed by atoms with Crippen molar-refractivity contribution >= 4 is 23.0 Å². The number of pyridine rings is 1. The molecule has 29 heavy (non-hydrogen) atoms. The number of hydrogen-bond acceptors (Lipinski definition) is 3. The Morgan fingerprint density at radius 1 is 1.07 bits per heavy atom. The summed E-state index contributed by atoms with van der Waals surface area (Å²) >= 11 is 5.75. The lowest BCUT2D eigenvalue weighted by molar-refractivity contribution is 0.304. The van der Waals surface area contributed by atoms with E-state index in [0.29, 0.717) is 0 Å². The largest absolute Gasteiger partial charge is 0.385 e. The molecule has 0 aliphatic carbocycles. The molecule has 2 aromatic heterocycles. The molecule has 1 saturated heterocycles. The second-order valence-electron chi connectivity index (χ2n) is 7.42. The molecule has 6 heteroatoms. The molecule has 0 bridgehead atoms. The minimum absolute atomic E-state index is 0.0405. The van der Waals surface area contributed by atoms with Crippen LogP contribution in [0.2, 0.25) is 0 Å². The van der Waals surface area contributed by atoms with E-state index in [2.05, 4.69) is 69.4 Å². The van der Waals surface area contributed by atoms with Crippen LogP contribution >= 0.6 is 12.2 Å². The van der Waals surface area contributed by atoms with E-state index in [-0.39, 0.29) is 12.1 Å². The van der Waals surface area contributed by atoms with Crippen LogP contribution in [-0.2, 0) is 7.05 Å². The zero-order valence-electron chi connectivity index (χ0n) is 16.9. The van der Waals surface area contributed by atoms with Crippen LogP contribution in [0.5, 0.6) is 0 Å². The molecule has 5 nitrogen and oxygen atoms in total. The number of thiocarbonyl (C=S) groups is 1. The number of nitrogens with zero attached hydrogens (tertiary/aromatic N) is 3. The van der Waals surface area contributed by atoms with Crippen LogP contribution in [0.25, 0.3) is 0 Å². The molecule has 0 unspecified atom stereocenters. The lowest BCUT2D eigenvalue weighted by Gasteiger charge is -2.28. The molecule has 1 fully saturated rings. The van der Waals surface area contributed by atoms with Crippen LogP contribution in [0.4, 0.5) is 5.69 Å². The van der Waals surface area contributed by atoms with E-state index >= 15 is 0 Å². The number of benzene rings is 1. The smallest absolute Gasteiger partial charge is 0.170 e. The van der Waals surface area contributed by atoms with Gasteiger partial charge in [0.25, 0.3) is 0 Å². The first kappa shape index (κ1) is 19.5. The Kier molecular flexibility index (Phi) is 5.81. The van der Waals surface area contributed by atoms with Crippen molar-refractivity contribution < 1.29 is 0 Å². The number of rotatable bonds is 7. The van der Waals surface area contributed by atoms with Crippen molar-refractivity contribution in [1.82, 2.24) is 19.8 Å². The van der Waals surface area contributed by atoms with Gasteiger partial charge in [0.05, 0.1) is 17.8 Å². The summed E-state index contributed by atoms with van der Waals surface area (Å²) in [6.07, 6.45) is 2.84. The van der Waals surface area contributed by atoms with Gasteiger partial charge in [0.2, 0.25) is 0 Å². The van der Waals surface area contributed by atoms with Crippen LogP contribution in [0.15, 0.2) is 66.9 Å². The van der Waals surface area contributed by atoms with Gasteiger partial charge in [-0.1, -0.05) is 24.3 Å². The Morgan fingerprint density at radius 3 is 2.55 bits per heavy atom. The van der Waals surface area contributed by atoms with E-state index in [0.717, 1.165) is 36.0 Å². The SMILES string of the molecule is Cc1ccc([C@H]2[C@@H](c3ccccn3)NC(=S)N2CCCNc2ccccc2)n1C. The first-order chi connectivity index (χ1) is 14.1. The van der Waals surface area contributed by atoms with Gasteiger partial charge in [-0.05, 0) is 62.0 Å². The van der Waals surface area contributed by atoms with Gasteiger partial charge < -0.3 is 20.1 Å². The molecule has 0 amide bonds.